The Hall–Kier alpha value is -0.781. The zero-order valence-corrected chi connectivity index (χ0v) is 7.73. The summed E-state index contributed by atoms with van der Waals surface area (Å²) in [4.78, 5) is 0. The Morgan fingerprint density at radius 1 is 0.583 bits per heavy atom. The van der Waals surface area contributed by atoms with Crippen molar-refractivity contribution < 1.29 is 17.1 Å². The maximum atomic E-state index is 2.00. The Labute approximate surface area is 85.4 Å². The molecule has 12 heavy (non-hydrogen) atoms. The quantitative estimate of drug-likeness (QED) is 0.451. The monoisotopic (exact) mass is 198 g/mol. The van der Waals surface area contributed by atoms with Crippen LogP contribution in [0.3, 0.4) is 0 Å². The van der Waals surface area contributed by atoms with E-state index in [1.807, 2.05) is 60.7 Å². The van der Waals surface area contributed by atoms with Gasteiger partial charge < -0.3 is 0 Å². The van der Waals surface area contributed by atoms with Gasteiger partial charge in [-0.25, -0.2) is 24.3 Å². The van der Waals surface area contributed by atoms with Crippen molar-refractivity contribution in [2.75, 3.05) is 0 Å². The molecule has 0 saturated carbocycles. The second kappa shape index (κ2) is 10.2. The molecular formula is C11H10Fe. The van der Waals surface area contributed by atoms with Gasteiger partial charge in [-0.1, -0.05) is 0 Å². The summed E-state index contributed by atoms with van der Waals surface area (Å²) in [6, 6.07) is 20.0. The molecule has 0 nitrogen and oxygen atoms in total. The summed E-state index contributed by atoms with van der Waals surface area (Å²) in [5.74, 6) is 0. The minimum absolute atomic E-state index is 0. The van der Waals surface area contributed by atoms with E-state index in [9.17, 15) is 0 Å². The molecule has 62 valence electrons. The van der Waals surface area contributed by atoms with Crippen molar-refractivity contribution in [3.05, 3.63) is 68.1 Å². The van der Waals surface area contributed by atoms with Crippen LogP contribution in [0.15, 0.2) is 60.7 Å². The first-order chi connectivity index (χ1) is 5.00. The predicted octanol–water partition coefficient (Wildman–Crippen LogP) is 2.89. The van der Waals surface area contributed by atoms with Gasteiger partial charge in [-0.3, -0.25) is 0 Å². The molecule has 0 heterocycles. The van der Waals surface area contributed by atoms with Crippen LogP contribution in [0, 0.1) is 7.43 Å². The number of hydrogen-bond acceptors (Lipinski definition) is 0. The summed E-state index contributed by atoms with van der Waals surface area (Å²) in [6.45, 7) is 0. The van der Waals surface area contributed by atoms with Gasteiger partial charge in [0.2, 0.25) is 0 Å². The Bertz CT molecular complexity index is 144. The summed E-state index contributed by atoms with van der Waals surface area (Å²) in [7, 11) is 0. The average molecular weight is 198 g/mol. The molecule has 0 fully saturated rings. The molecule has 0 atom stereocenters. The van der Waals surface area contributed by atoms with Crippen molar-refractivity contribution in [1.29, 1.82) is 0 Å². The van der Waals surface area contributed by atoms with Gasteiger partial charge in [0.25, 0.3) is 0 Å². The third kappa shape index (κ3) is 7.33. The first kappa shape index (κ1) is 13.8. The maximum Gasteiger partial charge on any atom is 2.00 e. The molecule has 2 aromatic carbocycles. The minimum atomic E-state index is 0. The van der Waals surface area contributed by atoms with Crippen LogP contribution < -0.4 is 0 Å². The van der Waals surface area contributed by atoms with Gasteiger partial charge >= 0.3 is 17.1 Å². The van der Waals surface area contributed by atoms with Gasteiger partial charge in [-0.2, -0.15) is 36.4 Å². The van der Waals surface area contributed by atoms with Gasteiger partial charge in [0.05, 0.1) is 0 Å². The fourth-order valence-corrected chi connectivity index (χ4v) is 0.642. The summed E-state index contributed by atoms with van der Waals surface area (Å²) in [5.41, 5.74) is 0. The maximum absolute atomic E-state index is 2.00. The topological polar surface area (TPSA) is 0 Å². The molecular weight excluding hydrogens is 188 g/mol. The Balaban J connectivity index is 0. The van der Waals surface area contributed by atoms with E-state index in [1.54, 1.807) is 0 Å². The van der Waals surface area contributed by atoms with Crippen molar-refractivity contribution in [1.82, 2.24) is 0 Å². The van der Waals surface area contributed by atoms with Crippen LogP contribution in [0.5, 0.6) is 0 Å². The SMILES string of the molecule is [C].[Fe+2].c1cc[cH-]c1.c1cc[cH-]c1. The van der Waals surface area contributed by atoms with Gasteiger partial charge in [-0.15, -0.1) is 0 Å². The third-order valence-corrected chi connectivity index (χ3v) is 1.11. The van der Waals surface area contributed by atoms with E-state index in [-0.39, 0.29) is 24.5 Å². The van der Waals surface area contributed by atoms with E-state index in [0.717, 1.165) is 0 Å². The largest absolute Gasteiger partial charge is 2.00 e. The normalized spacial score (nSPS) is 6.67. The van der Waals surface area contributed by atoms with Crippen LogP contribution >= 0.6 is 0 Å². The molecule has 4 radical (unpaired) electrons. The molecule has 0 bridgehead atoms. The van der Waals surface area contributed by atoms with E-state index in [4.69, 9.17) is 0 Å². The Morgan fingerprint density at radius 2 is 0.833 bits per heavy atom. The van der Waals surface area contributed by atoms with E-state index in [0.29, 0.717) is 0 Å². The fraction of sp³-hybridized carbons (Fsp3) is 0. The van der Waals surface area contributed by atoms with Crippen molar-refractivity contribution in [2.45, 2.75) is 0 Å². The molecule has 0 aromatic heterocycles. The van der Waals surface area contributed by atoms with Crippen molar-refractivity contribution in [3.8, 4) is 0 Å². The zero-order chi connectivity index (χ0) is 7.07. The van der Waals surface area contributed by atoms with Crippen molar-refractivity contribution in [3.63, 3.8) is 0 Å². The number of hydrogen-bond donors (Lipinski definition) is 0. The average Bonchev–Trinajstić information content (AvgIpc) is 2.67. The second-order valence-corrected chi connectivity index (χ2v) is 1.92. The van der Waals surface area contributed by atoms with Gasteiger partial charge in [0.15, 0.2) is 0 Å². The van der Waals surface area contributed by atoms with Gasteiger partial charge in [0.1, 0.15) is 0 Å². The molecule has 0 aliphatic heterocycles. The van der Waals surface area contributed by atoms with Gasteiger partial charge in [-0.05, 0) is 0 Å². The van der Waals surface area contributed by atoms with Gasteiger partial charge in [0, 0.05) is 7.43 Å². The molecule has 0 spiro atoms. The van der Waals surface area contributed by atoms with Crippen molar-refractivity contribution >= 4 is 0 Å². The van der Waals surface area contributed by atoms with Crippen LogP contribution in [0.25, 0.3) is 0 Å². The molecule has 0 aliphatic carbocycles. The Kier molecular flexibility index (Phi) is 11.7. The van der Waals surface area contributed by atoms with Crippen LogP contribution in [-0.2, 0) is 17.1 Å². The molecule has 2 aromatic rings. The van der Waals surface area contributed by atoms with Crippen LogP contribution in [0.2, 0.25) is 0 Å². The summed E-state index contributed by atoms with van der Waals surface area (Å²) >= 11 is 0. The zero-order valence-electron chi connectivity index (χ0n) is 6.63. The standard InChI is InChI=1S/2C5H5.C.Fe/c2*1-2-4-5-3-1;;/h2*1-5H;;/q2*-1;;+2. The first-order valence-corrected chi connectivity index (χ1v) is 3.33. The Morgan fingerprint density at radius 3 is 0.917 bits per heavy atom. The van der Waals surface area contributed by atoms with Crippen LogP contribution in [0.1, 0.15) is 0 Å². The van der Waals surface area contributed by atoms with Crippen LogP contribution in [0.4, 0.5) is 0 Å². The van der Waals surface area contributed by atoms with E-state index < -0.39 is 0 Å². The molecule has 2 rings (SSSR count). The predicted molar refractivity (Wildman–Crippen MR) is 47.3 cm³/mol. The molecule has 0 unspecified atom stereocenters. The third-order valence-electron chi connectivity index (χ3n) is 1.11. The van der Waals surface area contributed by atoms with E-state index >= 15 is 0 Å². The molecule has 0 amide bonds. The van der Waals surface area contributed by atoms with Crippen LogP contribution in [-0.4, -0.2) is 0 Å². The smallest absolute Gasteiger partial charge is 0.214 e. The minimum Gasteiger partial charge on any atom is -0.214 e. The fourth-order valence-electron chi connectivity index (χ4n) is 0.642. The molecule has 1 heteroatoms. The van der Waals surface area contributed by atoms with Crippen molar-refractivity contribution in [2.24, 2.45) is 0 Å². The molecule has 0 aliphatic rings. The summed E-state index contributed by atoms with van der Waals surface area (Å²) < 4.78 is 0. The summed E-state index contributed by atoms with van der Waals surface area (Å²) in [5, 5.41) is 0. The van der Waals surface area contributed by atoms with E-state index in [1.165, 1.54) is 0 Å². The van der Waals surface area contributed by atoms with E-state index in [2.05, 4.69) is 0 Å². The second-order valence-electron chi connectivity index (χ2n) is 1.92. The first-order valence-electron chi connectivity index (χ1n) is 3.33. The molecule has 0 N–H and O–H groups in total. The molecule has 0 saturated heterocycles. The number of rotatable bonds is 0. The summed E-state index contributed by atoms with van der Waals surface area (Å²) in [6.07, 6.45) is 0.